The van der Waals surface area contributed by atoms with Crippen LogP contribution in [0.1, 0.15) is 0 Å². The van der Waals surface area contributed by atoms with E-state index in [1.165, 1.54) is 75.1 Å². The molecule has 0 spiro atoms. The van der Waals surface area contributed by atoms with Crippen molar-refractivity contribution in [1.29, 1.82) is 0 Å². The monoisotopic (exact) mass is 602 g/mol. The molecule has 8 aromatic carbocycles. The SMILES string of the molecule is c1ccc(-c2sc3ccc4c5ccccc5oc4c3c2-c2c3ccccc3c(-c3cccc4ccccc34)c3ccccc23)cc1. The summed E-state index contributed by atoms with van der Waals surface area (Å²) >= 11 is 1.86. The van der Waals surface area contributed by atoms with E-state index in [2.05, 4.69) is 158 Å². The van der Waals surface area contributed by atoms with E-state index in [4.69, 9.17) is 4.42 Å². The average molecular weight is 603 g/mol. The van der Waals surface area contributed by atoms with Gasteiger partial charge in [-0.1, -0.05) is 140 Å². The summed E-state index contributed by atoms with van der Waals surface area (Å²) in [6, 6.07) is 57.1. The van der Waals surface area contributed by atoms with Crippen LogP contribution in [-0.2, 0) is 0 Å². The standard InChI is InChI=1S/C44H26OS/c1-2-14-28(15-3-1)44-42(41-38(46-44)26-25-36-30-18-10-11-24-37(30)45-43(36)41)40-34-21-8-6-19-32(34)39(33-20-7-9-22-35(33)40)31-23-12-16-27-13-4-5-17-29(27)31/h1-26H. The third-order valence-corrected chi connectivity index (χ3v) is 10.7. The van der Waals surface area contributed by atoms with Crippen LogP contribution in [0.5, 0.6) is 0 Å². The molecule has 46 heavy (non-hydrogen) atoms. The Balaban J connectivity index is 1.43. The van der Waals surface area contributed by atoms with Crippen molar-refractivity contribution in [3.63, 3.8) is 0 Å². The fourth-order valence-corrected chi connectivity index (χ4v) is 8.74. The van der Waals surface area contributed by atoms with Crippen LogP contribution >= 0.6 is 11.3 Å². The van der Waals surface area contributed by atoms with Gasteiger partial charge in [-0.2, -0.15) is 0 Å². The van der Waals surface area contributed by atoms with Crippen molar-refractivity contribution in [2.45, 2.75) is 0 Å². The molecule has 2 heterocycles. The molecule has 0 N–H and O–H groups in total. The van der Waals surface area contributed by atoms with Crippen LogP contribution in [0.25, 0.3) is 97.0 Å². The maximum Gasteiger partial charge on any atom is 0.144 e. The molecule has 0 unspecified atom stereocenters. The van der Waals surface area contributed by atoms with E-state index in [9.17, 15) is 0 Å². The van der Waals surface area contributed by atoms with Gasteiger partial charge in [0.25, 0.3) is 0 Å². The predicted molar refractivity (Wildman–Crippen MR) is 198 cm³/mol. The summed E-state index contributed by atoms with van der Waals surface area (Å²) in [5.74, 6) is 0. The molecule has 0 amide bonds. The lowest BCUT2D eigenvalue weighted by Gasteiger charge is -2.19. The molecular weight excluding hydrogens is 577 g/mol. The minimum atomic E-state index is 0.921. The van der Waals surface area contributed by atoms with Crippen molar-refractivity contribution in [2.24, 2.45) is 0 Å². The summed E-state index contributed by atoms with van der Waals surface area (Å²) < 4.78 is 7.98. The largest absolute Gasteiger partial charge is 0.455 e. The second-order valence-corrected chi connectivity index (χ2v) is 13.0. The molecule has 0 atom stereocenters. The van der Waals surface area contributed by atoms with Gasteiger partial charge in [-0.25, -0.2) is 0 Å². The highest BCUT2D eigenvalue weighted by molar-refractivity contribution is 7.23. The zero-order valence-corrected chi connectivity index (χ0v) is 25.6. The quantitative estimate of drug-likeness (QED) is 0.183. The summed E-state index contributed by atoms with van der Waals surface area (Å²) in [5.41, 5.74) is 8.13. The lowest BCUT2D eigenvalue weighted by Crippen LogP contribution is -1.92. The van der Waals surface area contributed by atoms with E-state index < -0.39 is 0 Å². The zero-order chi connectivity index (χ0) is 30.2. The summed E-state index contributed by atoms with van der Waals surface area (Å²) in [7, 11) is 0. The minimum absolute atomic E-state index is 0.921. The Labute approximate surface area is 269 Å². The van der Waals surface area contributed by atoms with Crippen molar-refractivity contribution in [3.8, 4) is 32.7 Å². The number of para-hydroxylation sites is 1. The van der Waals surface area contributed by atoms with Gasteiger partial charge in [-0.15, -0.1) is 11.3 Å². The first-order valence-corrected chi connectivity index (χ1v) is 16.5. The normalized spacial score (nSPS) is 11.9. The number of thiophene rings is 1. The van der Waals surface area contributed by atoms with Gasteiger partial charge in [0.05, 0.1) is 0 Å². The van der Waals surface area contributed by atoms with Crippen molar-refractivity contribution >= 4 is 75.7 Å². The van der Waals surface area contributed by atoms with Crippen molar-refractivity contribution in [1.82, 2.24) is 0 Å². The summed E-state index contributed by atoms with van der Waals surface area (Å²) in [6.07, 6.45) is 0. The Morgan fingerprint density at radius 1 is 0.391 bits per heavy atom. The molecule has 214 valence electrons. The van der Waals surface area contributed by atoms with Gasteiger partial charge >= 0.3 is 0 Å². The zero-order valence-electron chi connectivity index (χ0n) is 24.8. The molecular formula is C44H26OS. The number of hydrogen-bond acceptors (Lipinski definition) is 2. The van der Waals surface area contributed by atoms with Crippen LogP contribution in [0.4, 0.5) is 0 Å². The van der Waals surface area contributed by atoms with Gasteiger partial charge in [-0.3, -0.25) is 0 Å². The molecule has 2 aromatic heterocycles. The molecule has 10 rings (SSSR count). The number of fused-ring (bicyclic) bond motifs is 8. The predicted octanol–water partition coefficient (Wildman–Crippen LogP) is 13.3. The van der Waals surface area contributed by atoms with Crippen LogP contribution in [0.2, 0.25) is 0 Å². The lowest BCUT2D eigenvalue weighted by molar-refractivity contribution is 0.673. The summed E-state index contributed by atoms with van der Waals surface area (Å²) in [6.45, 7) is 0. The lowest BCUT2D eigenvalue weighted by atomic mass is 9.83. The molecule has 0 saturated heterocycles. The Morgan fingerprint density at radius 2 is 0.978 bits per heavy atom. The summed E-state index contributed by atoms with van der Waals surface area (Å²) in [5, 5.41) is 11.0. The van der Waals surface area contributed by atoms with Gasteiger partial charge in [0.2, 0.25) is 0 Å². The number of rotatable bonds is 3. The van der Waals surface area contributed by atoms with Crippen molar-refractivity contribution in [3.05, 3.63) is 158 Å². The van der Waals surface area contributed by atoms with E-state index in [1.54, 1.807) is 0 Å². The second-order valence-electron chi connectivity index (χ2n) is 12.0. The number of hydrogen-bond donors (Lipinski definition) is 0. The maximum absolute atomic E-state index is 6.75. The van der Waals surface area contributed by atoms with Crippen LogP contribution in [0.15, 0.2) is 162 Å². The van der Waals surface area contributed by atoms with E-state index in [0.717, 1.165) is 21.9 Å². The van der Waals surface area contributed by atoms with Gasteiger partial charge in [0.1, 0.15) is 11.2 Å². The fraction of sp³-hybridized carbons (Fsp3) is 0. The Hall–Kier alpha value is -5.70. The molecule has 10 aromatic rings. The maximum atomic E-state index is 6.75. The third-order valence-electron chi connectivity index (χ3n) is 9.47. The first kappa shape index (κ1) is 25.6. The van der Waals surface area contributed by atoms with E-state index >= 15 is 0 Å². The van der Waals surface area contributed by atoms with Gasteiger partial charge in [0.15, 0.2) is 0 Å². The minimum Gasteiger partial charge on any atom is -0.455 e. The second kappa shape index (κ2) is 9.90. The van der Waals surface area contributed by atoms with Gasteiger partial charge in [0, 0.05) is 31.3 Å². The van der Waals surface area contributed by atoms with Gasteiger partial charge < -0.3 is 4.42 Å². The summed E-state index contributed by atoms with van der Waals surface area (Å²) in [4.78, 5) is 1.26. The molecule has 0 bridgehead atoms. The number of benzene rings is 8. The van der Waals surface area contributed by atoms with Crippen LogP contribution in [0.3, 0.4) is 0 Å². The molecule has 0 saturated carbocycles. The van der Waals surface area contributed by atoms with Crippen molar-refractivity contribution in [2.75, 3.05) is 0 Å². The highest BCUT2D eigenvalue weighted by Gasteiger charge is 2.25. The molecule has 1 nitrogen and oxygen atoms in total. The van der Waals surface area contributed by atoms with E-state index in [1.807, 2.05) is 11.3 Å². The van der Waals surface area contributed by atoms with Crippen molar-refractivity contribution < 1.29 is 4.42 Å². The first-order chi connectivity index (χ1) is 22.8. The topological polar surface area (TPSA) is 13.1 Å². The molecule has 0 aliphatic rings. The molecule has 0 aliphatic heterocycles. The Bertz CT molecular complexity index is 2740. The Morgan fingerprint density at radius 3 is 1.72 bits per heavy atom. The van der Waals surface area contributed by atoms with Crippen LogP contribution < -0.4 is 0 Å². The smallest absolute Gasteiger partial charge is 0.144 e. The van der Waals surface area contributed by atoms with Crippen LogP contribution in [0, 0.1) is 0 Å². The fourth-order valence-electron chi connectivity index (χ4n) is 7.53. The highest BCUT2D eigenvalue weighted by atomic mass is 32.1. The highest BCUT2D eigenvalue weighted by Crippen LogP contribution is 2.53. The van der Waals surface area contributed by atoms with E-state index in [0.29, 0.717) is 0 Å². The Kier molecular flexibility index (Phi) is 5.51. The molecule has 2 heteroatoms. The number of furan rings is 1. The first-order valence-electron chi connectivity index (χ1n) is 15.7. The van der Waals surface area contributed by atoms with E-state index in [-0.39, 0.29) is 0 Å². The van der Waals surface area contributed by atoms with Gasteiger partial charge in [-0.05, 0) is 72.8 Å². The van der Waals surface area contributed by atoms with Crippen LogP contribution in [-0.4, -0.2) is 0 Å². The molecule has 0 radical (unpaired) electrons. The molecule has 0 fully saturated rings. The average Bonchev–Trinajstić information content (AvgIpc) is 3.70. The third kappa shape index (κ3) is 3.62. The molecule has 0 aliphatic carbocycles.